The molecule has 0 bridgehead atoms. The van der Waals surface area contributed by atoms with E-state index in [1.165, 1.54) is 5.56 Å². The molecule has 0 aliphatic carbocycles. The molecule has 0 amide bonds. The Morgan fingerprint density at radius 1 is 1.24 bits per heavy atom. The highest BCUT2D eigenvalue weighted by Gasteiger charge is 2.16. The Morgan fingerprint density at radius 3 is 2.71 bits per heavy atom. The van der Waals surface area contributed by atoms with Crippen LogP contribution in [0.5, 0.6) is 0 Å². The molecule has 3 aromatic rings. The minimum Gasteiger partial charge on any atom is -0.382 e. The van der Waals surface area contributed by atoms with Gasteiger partial charge in [0.25, 0.3) is 0 Å². The van der Waals surface area contributed by atoms with Crippen LogP contribution in [0.4, 0.5) is 5.82 Å². The van der Waals surface area contributed by atoms with Gasteiger partial charge in [0, 0.05) is 5.39 Å². The van der Waals surface area contributed by atoms with Crippen LogP contribution in [0, 0.1) is 6.92 Å². The average Bonchev–Trinajstić information content (AvgIpc) is 2.73. The Balaban J connectivity index is 0.00000161. The second kappa shape index (κ2) is 5.75. The van der Waals surface area contributed by atoms with Crippen molar-refractivity contribution in [3.05, 3.63) is 29.6 Å². The van der Waals surface area contributed by atoms with Gasteiger partial charge < -0.3 is 17.3 Å². The van der Waals surface area contributed by atoms with Crippen LogP contribution in [0.15, 0.2) is 18.2 Å². The maximum absolute atomic E-state index is 6.12. The molecule has 0 aliphatic heterocycles. The number of fused-ring (bicyclic) bond motifs is 3. The topological polar surface area (TPSA) is 109 Å². The van der Waals surface area contributed by atoms with Gasteiger partial charge in [-0.3, -0.25) is 0 Å². The van der Waals surface area contributed by atoms with Gasteiger partial charge in [-0.15, -0.1) is 12.4 Å². The van der Waals surface area contributed by atoms with Crippen LogP contribution < -0.4 is 17.3 Å². The molecular formula is C14H19ClN6. The van der Waals surface area contributed by atoms with E-state index in [0.717, 1.165) is 35.1 Å². The fraction of sp³-hybridized carbons (Fsp3) is 0.286. The molecule has 7 heteroatoms. The molecule has 2 aromatic heterocycles. The summed E-state index contributed by atoms with van der Waals surface area (Å²) in [5.74, 6) is 7.25. The number of aryl methyl sites for hydroxylation is 2. The summed E-state index contributed by atoms with van der Waals surface area (Å²) in [6.07, 6.45) is 1.81. The predicted molar refractivity (Wildman–Crippen MR) is 89.0 cm³/mol. The molecule has 0 atom stereocenters. The zero-order valence-corrected chi connectivity index (χ0v) is 12.7. The second-order valence-electron chi connectivity index (χ2n) is 4.93. The number of rotatable bonds is 3. The van der Waals surface area contributed by atoms with Crippen molar-refractivity contribution < 1.29 is 0 Å². The van der Waals surface area contributed by atoms with E-state index in [0.29, 0.717) is 17.9 Å². The molecule has 0 fully saturated rings. The molecule has 0 aliphatic rings. The Kier molecular flexibility index (Phi) is 4.20. The van der Waals surface area contributed by atoms with Crippen molar-refractivity contribution in [2.75, 3.05) is 18.1 Å². The van der Waals surface area contributed by atoms with Gasteiger partial charge >= 0.3 is 0 Å². The first-order valence-corrected chi connectivity index (χ1v) is 6.64. The monoisotopic (exact) mass is 306 g/mol. The lowest BCUT2D eigenvalue weighted by Crippen LogP contribution is -2.10. The summed E-state index contributed by atoms with van der Waals surface area (Å²) in [5, 5.41) is 1.02. The molecule has 6 nitrogen and oxygen atoms in total. The number of benzene rings is 1. The zero-order valence-electron chi connectivity index (χ0n) is 11.8. The normalized spacial score (nSPS) is 11.0. The van der Waals surface area contributed by atoms with Gasteiger partial charge in [-0.2, -0.15) is 0 Å². The summed E-state index contributed by atoms with van der Waals surface area (Å²) in [5.41, 5.74) is 15.1. The molecule has 2 heterocycles. The maximum atomic E-state index is 6.12. The average molecular weight is 307 g/mol. The van der Waals surface area contributed by atoms with Crippen LogP contribution in [0.2, 0.25) is 0 Å². The van der Waals surface area contributed by atoms with Crippen LogP contribution in [0.25, 0.3) is 21.9 Å². The molecular weight excluding hydrogens is 288 g/mol. The Hall–Kier alpha value is -2.05. The highest BCUT2D eigenvalue weighted by atomic mass is 35.5. The zero-order chi connectivity index (χ0) is 14.3. The molecule has 0 saturated heterocycles. The quantitative estimate of drug-likeness (QED) is 0.635. The summed E-state index contributed by atoms with van der Waals surface area (Å²) < 4.78 is 1.58. The lowest BCUT2D eigenvalue weighted by atomic mass is 10.0. The first kappa shape index (κ1) is 15.3. The number of anilines is 1. The maximum Gasteiger partial charge on any atom is 0.152 e. The molecule has 21 heavy (non-hydrogen) atoms. The molecule has 0 saturated carbocycles. The van der Waals surface area contributed by atoms with Gasteiger partial charge in [0.2, 0.25) is 0 Å². The summed E-state index contributed by atoms with van der Waals surface area (Å²) >= 11 is 0. The van der Waals surface area contributed by atoms with Crippen molar-refractivity contribution in [1.29, 1.82) is 0 Å². The molecule has 0 unspecified atom stereocenters. The summed E-state index contributed by atoms with van der Waals surface area (Å²) in [7, 11) is 0. The molecule has 0 spiro atoms. The summed E-state index contributed by atoms with van der Waals surface area (Å²) in [6.45, 7) is 2.51. The van der Waals surface area contributed by atoms with Crippen molar-refractivity contribution in [1.82, 2.24) is 14.6 Å². The largest absolute Gasteiger partial charge is 0.382 e. The van der Waals surface area contributed by atoms with Gasteiger partial charge in [0.05, 0.1) is 5.52 Å². The molecule has 0 radical (unpaired) electrons. The third-order valence-electron chi connectivity index (χ3n) is 3.59. The molecule has 3 rings (SSSR count). The number of hydrogen-bond acceptors (Lipinski definition) is 5. The van der Waals surface area contributed by atoms with Crippen molar-refractivity contribution in [2.45, 2.75) is 19.8 Å². The second-order valence-corrected chi connectivity index (χ2v) is 4.93. The van der Waals surface area contributed by atoms with Crippen LogP contribution in [-0.2, 0) is 6.42 Å². The van der Waals surface area contributed by atoms with E-state index in [1.807, 2.05) is 19.1 Å². The van der Waals surface area contributed by atoms with Gasteiger partial charge in [-0.1, -0.05) is 12.1 Å². The first-order chi connectivity index (χ1) is 9.63. The van der Waals surface area contributed by atoms with Crippen LogP contribution >= 0.6 is 12.4 Å². The number of imidazole rings is 1. The van der Waals surface area contributed by atoms with Gasteiger partial charge in [0.15, 0.2) is 5.82 Å². The molecule has 6 N–H and O–H groups in total. The standard InChI is InChI=1S/C14H18N6.ClH/c1-8-18-12-13(20(8)17)11-9(5-3-7-15)4-2-6-10(11)19-14(12)16;/h2,4,6H,3,5,7,15,17H2,1H3,(H2,16,19);1H. The Bertz CT molecular complexity index is 795. The van der Waals surface area contributed by atoms with Crippen LogP contribution in [0.1, 0.15) is 17.8 Å². The highest BCUT2D eigenvalue weighted by Crippen LogP contribution is 2.30. The number of halogens is 1. The number of hydrogen-bond donors (Lipinski definition) is 3. The third kappa shape index (κ3) is 2.36. The minimum atomic E-state index is 0. The third-order valence-corrected chi connectivity index (χ3v) is 3.59. The SMILES string of the molecule is Cc1nc2c(N)nc3cccc(CCCN)c3c2n1N.Cl. The smallest absolute Gasteiger partial charge is 0.152 e. The number of nitrogen functional groups attached to an aromatic ring is 2. The van der Waals surface area contributed by atoms with Crippen LogP contribution in [0.3, 0.4) is 0 Å². The fourth-order valence-corrected chi connectivity index (χ4v) is 2.60. The highest BCUT2D eigenvalue weighted by molar-refractivity contribution is 6.08. The summed E-state index contributed by atoms with van der Waals surface area (Å²) in [4.78, 5) is 8.85. The van der Waals surface area contributed by atoms with E-state index in [2.05, 4.69) is 16.0 Å². The van der Waals surface area contributed by atoms with E-state index in [4.69, 9.17) is 17.3 Å². The number of pyridine rings is 1. The van der Waals surface area contributed by atoms with E-state index < -0.39 is 0 Å². The van der Waals surface area contributed by atoms with E-state index in [-0.39, 0.29) is 12.4 Å². The van der Waals surface area contributed by atoms with E-state index in [9.17, 15) is 0 Å². The first-order valence-electron chi connectivity index (χ1n) is 6.64. The lowest BCUT2D eigenvalue weighted by molar-refractivity contribution is 0.837. The summed E-state index contributed by atoms with van der Waals surface area (Å²) in [6, 6.07) is 6.01. The van der Waals surface area contributed by atoms with Gasteiger partial charge in [-0.05, 0) is 37.9 Å². The van der Waals surface area contributed by atoms with Crippen molar-refractivity contribution in [3.8, 4) is 0 Å². The van der Waals surface area contributed by atoms with Crippen molar-refractivity contribution >= 4 is 40.2 Å². The minimum absolute atomic E-state index is 0. The van der Waals surface area contributed by atoms with Crippen LogP contribution in [-0.4, -0.2) is 21.2 Å². The van der Waals surface area contributed by atoms with Crippen molar-refractivity contribution in [3.63, 3.8) is 0 Å². The van der Waals surface area contributed by atoms with E-state index in [1.54, 1.807) is 4.68 Å². The Labute approximate surface area is 128 Å². The van der Waals surface area contributed by atoms with Gasteiger partial charge in [0.1, 0.15) is 16.9 Å². The number of nitrogens with two attached hydrogens (primary N) is 3. The number of nitrogens with zero attached hydrogens (tertiary/aromatic N) is 3. The Morgan fingerprint density at radius 2 is 2.00 bits per heavy atom. The fourth-order valence-electron chi connectivity index (χ4n) is 2.60. The lowest BCUT2D eigenvalue weighted by Gasteiger charge is -2.09. The number of aromatic nitrogens is 3. The predicted octanol–water partition coefficient (Wildman–Crippen LogP) is 1.50. The van der Waals surface area contributed by atoms with Gasteiger partial charge in [-0.25, -0.2) is 14.6 Å². The van der Waals surface area contributed by atoms with Crippen molar-refractivity contribution in [2.24, 2.45) is 5.73 Å². The molecule has 112 valence electrons. The molecule has 1 aromatic carbocycles. The van der Waals surface area contributed by atoms with E-state index >= 15 is 0 Å².